The molecule has 1 aliphatic heterocycles. The molecule has 1 N–H and O–H groups in total. The van der Waals surface area contributed by atoms with E-state index in [1.807, 2.05) is 26.0 Å². The average Bonchev–Trinajstić information content (AvgIpc) is 2.77. The van der Waals surface area contributed by atoms with Gasteiger partial charge in [-0.2, -0.15) is 0 Å². The first-order chi connectivity index (χ1) is 15.2. The fourth-order valence-electron chi connectivity index (χ4n) is 3.46. The number of anilines is 2. The second-order valence-electron chi connectivity index (χ2n) is 8.01. The second-order valence-corrected chi connectivity index (χ2v) is 9.92. The summed E-state index contributed by atoms with van der Waals surface area (Å²) in [5.41, 5.74) is 2.18. The maximum absolute atomic E-state index is 12.9. The topological polar surface area (TPSA) is 96.0 Å². The zero-order valence-corrected chi connectivity index (χ0v) is 19.4. The lowest BCUT2D eigenvalue weighted by Crippen LogP contribution is -2.41. The van der Waals surface area contributed by atoms with Crippen LogP contribution in [-0.4, -0.2) is 64.2 Å². The van der Waals surface area contributed by atoms with Crippen molar-refractivity contribution in [1.29, 1.82) is 0 Å². The molecular formula is C23H29N3O5S. The van der Waals surface area contributed by atoms with E-state index in [2.05, 4.69) is 5.32 Å². The summed E-state index contributed by atoms with van der Waals surface area (Å²) in [6.45, 7) is 5.60. The number of benzene rings is 2. The molecule has 1 fully saturated rings. The Morgan fingerprint density at radius 2 is 1.69 bits per heavy atom. The van der Waals surface area contributed by atoms with Crippen molar-refractivity contribution >= 4 is 33.2 Å². The summed E-state index contributed by atoms with van der Waals surface area (Å²) in [5, 5.41) is 2.71. The summed E-state index contributed by atoms with van der Waals surface area (Å²) < 4.78 is 31.1. The van der Waals surface area contributed by atoms with Crippen LogP contribution in [0.4, 0.5) is 11.4 Å². The molecule has 1 aliphatic rings. The number of carbonyl (C=O) groups is 2. The molecule has 2 aromatic rings. The highest BCUT2D eigenvalue weighted by Crippen LogP contribution is 2.23. The van der Waals surface area contributed by atoms with Crippen molar-refractivity contribution in [3.63, 3.8) is 0 Å². The molecule has 1 saturated heterocycles. The van der Waals surface area contributed by atoms with E-state index in [1.165, 1.54) is 0 Å². The van der Waals surface area contributed by atoms with Crippen LogP contribution in [0.3, 0.4) is 0 Å². The first-order valence-electron chi connectivity index (χ1n) is 10.5. The smallest absolute Gasteiger partial charge is 0.256 e. The maximum Gasteiger partial charge on any atom is 0.256 e. The van der Waals surface area contributed by atoms with Gasteiger partial charge >= 0.3 is 0 Å². The molecule has 1 heterocycles. The van der Waals surface area contributed by atoms with Gasteiger partial charge in [-0.1, -0.05) is 38.1 Å². The fraction of sp³-hybridized carbons (Fsp3) is 0.391. The van der Waals surface area contributed by atoms with Gasteiger partial charge in [-0.25, -0.2) is 8.42 Å². The summed E-state index contributed by atoms with van der Waals surface area (Å²) in [6.07, 6.45) is 1.06. The van der Waals surface area contributed by atoms with Crippen LogP contribution in [0.5, 0.6) is 0 Å². The molecule has 0 aromatic heterocycles. The molecule has 0 bridgehead atoms. The molecule has 3 rings (SSSR count). The van der Waals surface area contributed by atoms with Crippen molar-refractivity contribution < 1.29 is 22.7 Å². The van der Waals surface area contributed by atoms with E-state index in [9.17, 15) is 18.0 Å². The number of rotatable bonds is 7. The number of para-hydroxylation sites is 1. The quantitative estimate of drug-likeness (QED) is 0.687. The molecule has 9 heteroatoms. The van der Waals surface area contributed by atoms with Gasteiger partial charge in [0.05, 0.1) is 36.4 Å². The van der Waals surface area contributed by atoms with Crippen molar-refractivity contribution in [3.8, 4) is 0 Å². The minimum atomic E-state index is -3.70. The zero-order chi connectivity index (χ0) is 23.3. The molecule has 0 radical (unpaired) electrons. The molecule has 0 atom stereocenters. The lowest BCUT2D eigenvalue weighted by Gasteiger charge is -2.27. The highest BCUT2D eigenvalue weighted by atomic mass is 32.2. The first kappa shape index (κ1) is 23.7. The van der Waals surface area contributed by atoms with Crippen molar-refractivity contribution in [2.24, 2.45) is 0 Å². The summed E-state index contributed by atoms with van der Waals surface area (Å²) in [5.74, 6) is -0.432. The SMILES string of the molecule is CC(C)c1ccc(N(CC(=O)Nc2ccccc2C(=O)N2CCOCC2)S(C)(=O)=O)cc1. The average molecular weight is 460 g/mol. The lowest BCUT2D eigenvalue weighted by molar-refractivity contribution is -0.114. The van der Waals surface area contributed by atoms with Gasteiger partial charge in [0.2, 0.25) is 15.9 Å². The molecule has 32 heavy (non-hydrogen) atoms. The van der Waals surface area contributed by atoms with E-state index in [1.54, 1.807) is 41.3 Å². The minimum Gasteiger partial charge on any atom is -0.378 e. The van der Waals surface area contributed by atoms with E-state index >= 15 is 0 Å². The first-order valence-corrected chi connectivity index (χ1v) is 12.3. The summed E-state index contributed by atoms with van der Waals surface area (Å²) >= 11 is 0. The van der Waals surface area contributed by atoms with E-state index < -0.39 is 22.5 Å². The molecule has 172 valence electrons. The Morgan fingerprint density at radius 1 is 1.06 bits per heavy atom. The normalized spacial score (nSPS) is 14.3. The van der Waals surface area contributed by atoms with Gasteiger partial charge in [-0.05, 0) is 35.7 Å². The van der Waals surface area contributed by atoms with Crippen LogP contribution in [0.15, 0.2) is 48.5 Å². The third-order valence-corrected chi connectivity index (χ3v) is 6.41. The van der Waals surface area contributed by atoms with Gasteiger partial charge < -0.3 is 15.0 Å². The number of nitrogens with one attached hydrogen (secondary N) is 1. The Morgan fingerprint density at radius 3 is 2.28 bits per heavy atom. The van der Waals surface area contributed by atoms with E-state index in [4.69, 9.17) is 4.74 Å². The molecule has 2 aromatic carbocycles. The van der Waals surface area contributed by atoms with Crippen LogP contribution in [0.25, 0.3) is 0 Å². The van der Waals surface area contributed by atoms with Crippen molar-refractivity contribution in [3.05, 3.63) is 59.7 Å². The number of sulfonamides is 1. The molecular weight excluding hydrogens is 430 g/mol. The van der Waals surface area contributed by atoms with Crippen LogP contribution in [0.2, 0.25) is 0 Å². The van der Waals surface area contributed by atoms with Crippen LogP contribution >= 0.6 is 0 Å². The van der Waals surface area contributed by atoms with Gasteiger partial charge in [0, 0.05) is 13.1 Å². The zero-order valence-electron chi connectivity index (χ0n) is 18.6. The van der Waals surface area contributed by atoms with Gasteiger partial charge in [0.25, 0.3) is 5.91 Å². The number of hydrogen-bond acceptors (Lipinski definition) is 5. The Balaban J connectivity index is 1.78. The van der Waals surface area contributed by atoms with Gasteiger partial charge in [0.15, 0.2) is 0 Å². The number of carbonyl (C=O) groups excluding carboxylic acids is 2. The molecule has 2 amide bonds. The van der Waals surface area contributed by atoms with Gasteiger partial charge in [-0.15, -0.1) is 0 Å². The third kappa shape index (κ3) is 5.86. The van der Waals surface area contributed by atoms with Crippen molar-refractivity contribution in [2.75, 3.05) is 48.7 Å². The van der Waals surface area contributed by atoms with Crippen LogP contribution < -0.4 is 9.62 Å². The monoisotopic (exact) mass is 459 g/mol. The molecule has 0 saturated carbocycles. The van der Waals surface area contributed by atoms with Gasteiger partial charge in [0.1, 0.15) is 6.54 Å². The Kier molecular flexibility index (Phi) is 7.52. The highest BCUT2D eigenvalue weighted by Gasteiger charge is 2.24. The predicted molar refractivity (Wildman–Crippen MR) is 125 cm³/mol. The van der Waals surface area contributed by atoms with Crippen molar-refractivity contribution in [1.82, 2.24) is 4.90 Å². The fourth-order valence-corrected chi connectivity index (χ4v) is 4.32. The number of hydrogen-bond donors (Lipinski definition) is 1. The third-order valence-electron chi connectivity index (χ3n) is 5.27. The molecule has 0 spiro atoms. The van der Waals surface area contributed by atoms with E-state index in [0.29, 0.717) is 49.2 Å². The number of nitrogens with zero attached hydrogens (tertiary/aromatic N) is 2. The molecule has 0 unspecified atom stereocenters. The van der Waals surface area contributed by atoms with Gasteiger partial charge in [-0.3, -0.25) is 13.9 Å². The number of morpholine rings is 1. The van der Waals surface area contributed by atoms with E-state index in [0.717, 1.165) is 16.1 Å². The standard InChI is InChI=1S/C23H29N3O5S/c1-17(2)18-8-10-19(11-9-18)26(32(3,29)30)16-22(27)24-21-7-5-4-6-20(21)23(28)25-12-14-31-15-13-25/h4-11,17H,12-16H2,1-3H3,(H,24,27). The Labute approximate surface area is 189 Å². The molecule has 0 aliphatic carbocycles. The molecule has 8 nitrogen and oxygen atoms in total. The lowest BCUT2D eigenvalue weighted by atomic mass is 10.0. The summed E-state index contributed by atoms with van der Waals surface area (Å²) in [4.78, 5) is 27.4. The number of ether oxygens (including phenoxy) is 1. The van der Waals surface area contributed by atoms with Crippen LogP contribution in [0, 0.1) is 0 Å². The second kappa shape index (κ2) is 10.1. The summed E-state index contributed by atoms with van der Waals surface area (Å²) in [7, 11) is -3.70. The Hall–Kier alpha value is -2.91. The predicted octanol–water partition coefficient (Wildman–Crippen LogP) is 2.69. The Bertz CT molecular complexity index is 1060. The van der Waals surface area contributed by atoms with Crippen molar-refractivity contribution in [2.45, 2.75) is 19.8 Å². The highest BCUT2D eigenvalue weighted by molar-refractivity contribution is 7.92. The summed E-state index contributed by atoms with van der Waals surface area (Å²) in [6, 6.07) is 13.8. The maximum atomic E-state index is 12.9. The number of amides is 2. The van der Waals surface area contributed by atoms with Crippen LogP contribution in [0.1, 0.15) is 35.7 Å². The van der Waals surface area contributed by atoms with Crippen LogP contribution in [-0.2, 0) is 19.6 Å². The largest absolute Gasteiger partial charge is 0.378 e. The minimum absolute atomic E-state index is 0.201. The van der Waals surface area contributed by atoms with E-state index in [-0.39, 0.29) is 5.91 Å².